The Balaban J connectivity index is 3.02. The van der Waals surface area contributed by atoms with Crippen molar-refractivity contribution in [2.45, 2.75) is 42.7 Å². The third-order valence-corrected chi connectivity index (χ3v) is 3.37. The fraction of sp³-hybridized carbons (Fsp3) is 0.909. The van der Waals surface area contributed by atoms with Crippen LogP contribution in [-0.2, 0) is 19.0 Å². The molecule has 6 unspecified atom stereocenters. The molecule has 1 saturated heterocycles. The molecule has 0 aromatic rings. The van der Waals surface area contributed by atoms with E-state index in [0.717, 1.165) is 7.11 Å². The highest BCUT2D eigenvalue weighted by Gasteiger charge is 2.54. The van der Waals surface area contributed by atoms with Crippen LogP contribution in [0.15, 0.2) is 0 Å². The molecule has 9 heteroatoms. The van der Waals surface area contributed by atoms with Crippen LogP contribution in [0.3, 0.4) is 0 Å². The third kappa shape index (κ3) is 3.09. The summed E-state index contributed by atoms with van der Waals surface area (Å²) in [6.07, 6.45) is -5.98. The highest BCUT2D eigenvalue weighted by Crippen LogP contribution is 2.32. The summed E-state index contributed by atoms with van der Waals surface area (Å²) >= 11 is 0. The van der Waals surface area contributed by atoms with Crippen molar-refractivity contribution in [2.75, 3.05) is 20.8 Å². The summed E-state index contributed by atoms with van der Waals surface area (Å²) in [6.45, 7) is -0.734. The zero-order valence-corrected chi connectivity index (χ0v) is 11.3. The van der Waals surface area contributed by atoms with E-state index in [9.17, 15) is 20.1 Å². The second-order valence-electron chi connectivity index (χ2n) is 4.62. The second-order valence-corrected chi connectivity index (χ2v) is 4.62. The van der Waals surface area contributed by atoms with Gasteiger partial charge in [0.15, 0.2) is 0 Å². The van der Waals surface area contributed by atoms with Crippen molar-refractivity contribution < 1.29 is 39.4 Å². The van der Waals surface area contributed by atoms with E-state index in [1.165, 1.54) is 7.11 Å². The highest BCUT2D eigenvalue weighted by atomic mass is 16.7. The molecule has 0 amide bonds. The van der Waals surface area contributed by atoms with E-state index >= 15 is 0 Å². The Bertz CT molecular complexity index is 340. The van der Waals surface area contributed by atoms with E-state index in [0.29, 0.717) is 0 Å². The predicted molar refractivity (Wildman–Crippen MR) is 64.3 cm³/mol. The standard InChI is InChI=1S/C11H21NO8/c1-18-10(17)11(19-2)3-5(14)7(12)9(20-11)8(16)6(15)4-13/h5-9,13-16H,3-4,12H2,1-2H3. The van der Waals surface area contributed by atoms with Crippen molar-refractivity contribution in [2.24, 2.45) is 5.73 Å². The Kier molecular flexibility index (Phi) is 5.83. The number of carbonyl (C=O) groups excluding carboxylic acids is 1. The number of carbonyl (C=O) groups is 1. The minimum Gasteiger partial charge on any atom is -0.465 e. The zero-order chi connectivity index (χ0) is 15.5. The Morgan fingerprint density at radius 2 is 2.10 bits per heavy atom. The molecule has 0 bridgehead atoms. The number of esters is 1. The van der Waals surface area contributed by atoms with Gasteiger partial charge in [-0.15, -0.1) is 0 Å². The number of ether oxygens (including phenoxy) is 3. The topological polar surface area (TPSA) is 152 Å². The number of nitrogens with two attached hydrogens (primary N) is 1. The monoisotopic (exact) mass is 295 g/mol. The van der Waals surface area contributed by atoms with Gasteiger partial charge in [0.25, 0.3) is 5.79 Å². The summed E-state index contributed by atoms with van der Waals surface area (Å²) in [5.41, 5.74) is 5.70. The van der Waals surface area contributed by atoms with Crippen molar-refractivity contribution in [3.8, 4) is 0 Å². The van der Waals surface area contributed by atoms with E-state index < -0.39 is 48.8 Å². The number of aliphatic hydroxyl groups is 4. The molecule has 0 aromatic carbocycles. The highest BCUT2D eigenvalue weighted by molar-refractivity contribution is 5.78. The SMILES string of the molecule is COC(=O)C1(OC)CC(O)C(N)C(C(O)C(O)CO)O1. The van der Waals surface area contributed by atoms with E-state index in [4.69, 9.17) is 20.3 Å². The number of rotatable bonds is 5. The summed E-state index contributed by atoms with van der Waals surface area (Å²) in [4.78, 5) is 11.8. The van der Waals surface area contributed by atoms with Gasteiger partial charge in [0.05, 0.1) is 25.9 Å². The van der Waals surface area contributed by atoms with Crippen LogP contribution in [0.2, 0.25) is 0 Å². The molecule has 6 atom stereocenters. The summed E-state index contributed by atoms with van der Waals surface area (Å²) in [6, 6.07) is -1.07. The first-order valence-corrected chi connectivity index (χ1v) is 6.05. The van der Waals surface area contributed by atoms with Crippen LogP contribution < -0.4 is 5.73 Å². The normalized spacial score (nSPS) is 37.2. The van der Waals surface area contributed by atoms with Gasteiger partial charge in [-0.25, -0.2) is 4.79 Å². The molecule has 1 fully saturated rings. The zero-order valence-electron chi connectivity index (χ0n) is 11.3. The first kappa shape index (κ1) is 17.2. The summed E-state index contributed by atoms with van der Waals surface area (Å²) in [7, 11) is 2.29. The van der Waals surface area contributed by atoms with Gasteiger partial charge in [-0.05, 0) is 0 Å². The molecule has 0 spiro atoms. The number of hydrogen-bond donors (Lipinski definition) is 5. The molecule has 1 aliphatic rings. The molecular formula is C11H21NO8. The quantitative estimate of drug-likeness (QED) is 0.328. The van der Waals surface area contributed by atoms with Crippen molar-refractivity contribution in [1.29, 1.82) is 0 Å². The van der Waals surface area contributed by atoms with E-state index in [1.807, 2.05) is 0 Å². The van der Waals surface area contributed by atoms with Crippen molar-refractivity contribution in [3.05, 3.63) is 0 Å². The van der Waals surface area contributed by atoms with Gasteiger partial charge in [0.2, 0.25) is 0 Å². The summed E-state index contributed by atoms with van der Waals surface area (Å²) in [5, 5.41) is 38.1. The van der Waals surface area contributed by atoms with Crippen molar-refractivity contribution in [3.63, 3.8) is 0 Å². The Morgan fingerprint density at radius 3 is 2.55 bits per heavy atom. The first-order valence-electron chi connectivity index (χ1n) is 6.05. The smallest absolute Gasteiger partial charge is 0.366 e. The van der Waals surface area contributed by atoms with Gasteiger partial charge in [-0.2, -0.15) is 0 Å². The Morgan fingerprint density at radius 1 is 1.50 bits per heavy atom. The maximum absolute atomic E-state index is 11.8. The number of methoxy groups -OCH3 is 2. The molecule has 6 N–H and O–H groups in total. The lowest BCUT2D eigenvalue weighted by atomic mass is 9.89. The van der Waals surface area contributed by atoms with E-state index in [-0.39, 0.29) is 6.42 Å². The van der Waals surface area contributed by atoms with Crippen LogP contribution in [0.5, 0.6) is 0 Å². The van der Waals surface area contributed by atoms with Gasteiger partial charge in [-0.1, -0.05) is 0 Å². The fourth-order valence-corrected chi connectivity index (χ4v) is 2.10. The van der Waals surface area contributed by atoms with Gasteiger partial charge < -0.3 is 40.4 Å². The van der Waals surface area contributed by atoms with E-state index in [2.05, 4.69) is 4.74 Å². The molecule has 0 aliphatic carbocycles. The largest absolute Gasteiger partial charge is 0.465 e. The van der Waals surface area contributed by atoms with Crippen LogP contribution in [0, 0.1) is 0 Å². The third-order valence-electron chi connectivity index (χ3n) is 3.37. The summed E-state index contributed by atoms with van der Waals surface area (Å²) < 4.78 is 14.9. The van der Waals surface area contributed by atoms with E-state index in [1.54, 1.807) is 0 Å². The van der Waals surface area contributed by atoms with Gasteiger partial charge in [-0.3, -0.25) is 0 Å². The predicted octanol–water partition coefficient (Wildman–Crippen LogP) is -3.31. The van der Waals surface area contributed by atoms with Crippen molar-refractivity contribution >= 4 is 5.97 Å². The van der Waals surface area contributed by atoms with Crippen molar-refractivity contribution in [1.82, 2.24) is 0 Å². The summed E-state index contributed by atoms with van der Waals surface area (Å²) in [5.74, 6) is -2.83. The fourth-order valence-electron chi connectivity index (χ4n) is 2.10. The minimum atomic E-state index is -1.93. The van der Waals surface area contributed by atoms with Gasteiger partial charge >= 0.3 is 5.97 Å². The van der Waals surface area contributed by atoms with Crippen LogP contribution in [-0.4, -0.2) is 83.5 Å². The molecule has 1 rings (SSSR count). The van der Waals surface area contributed by atoms with Gasteiger partial charge in [0, 0.05) is 13.5 Å². The number of aliphatic hydroxyl groups excluding tert-OH is 4. The van der Waals surface area contributed by atoms with Gasteiger partial charge in [0.1, 0.15) is 18.3 Å². The number of hydrogen-bond acceptors (Lipinski definition) is 9. The molecule has 20 heavy (non-hydrogen) atoms. The molecular weight excluding hydrogens is 274 g/mol. The molecule has 1 heterocycles. The minimum absolute atomic E-state index is 0.282. The molecule has 9 nitrogen and oxygen atoms in total. The molecule has 0 radical (unpaired) electrons. The average Bonchev–Trinajstić information content (AvgIpc) is 2.47. The molecule has 1 aliphatic heterocycles. The molecule has 0 aromatic heterocycles. The lowest BCUT2D eigenvalue weighted by molar-refractivity contribution is -0.302. The lowest BCUT2D eigenvalue weighted by Crippen LogP contribution is -2.66. The maximum atomic E-state index is 11.8. The average molecular weight is 295 g/mol. The Hall–Kier alpha value is -0.810. The lowest BCUT2D eigenvalue weighted by Gasteiger charge is -2.45. The van der Waals surface area contributed by atoms with Crippen LogP contribution in [0.4, 0.5) is 0 Å². The maximum Gasteiger partial charge on any atom is 0.366 e. The molecule has 0 saturated carbocycles. The Labute approximate surface area is 115 Å². The van der Waals surface area contributed by atoms with Crippen LogP contribution in [0.25, 0.3) is 0 Å². The van der Waals surface area contributed by atoms with Crippen LogP contribution >= 0.6 is 0 Å². The second kappa shape index (κ2) is 6.76. The molecule has 118 valence electrons. The van der Waals surface area contributed by atoms with Crippen LogP contribution in [0.1, 0.15) is 6.42 Å². The first-order chi connectivity index (χ1) is 9.32.